The molecule has 0 saturated carbocycles. The van der Waals surface area contributed by atoms with Crippen molar-refractivity contribution in [1.82, 2.24) is 0 Å². The van der Waals surface area contributed by atoms with E-state index < -0.39 is 58.2 Å². The highest BCUT2D eigenvalue weighted by Gasteiger charge is 2.40. The van der Waals surface area contributed by atoms with Crippen molar-refractivity contribution in [2.75, 3.05) is 0 Å². The predicted molar refractivity (Wildman–Crippen MR) is 93.3 cm³/mol. The van der Waals surface area contributed by atoms with Gasteiger partial charge in [0.25, 0.3) is 0 Å². The maximum absolute atomic E-state index is 14.3. The Balaban J connectivity index is 1.86. The quantitative estimate of drug-likeness (QED) is 0.208. The van der Waals surface area contributed by atoms with Gasteiger partial charge in [0.05, 0.1) is 5.56 Å². The van der Waals surface area contributed by atoms with E-state index in [1.54, 1.807) is 19.1 Å². The maximum atomic E-state index is 14.3. The normalized spacial score (nSPS) is 11.4. The number of ether oxygens (including phenoxy) is 2. The number of esters is 1. The molecular weight excluding hydrogens is 433 g/mol. The van der Waals surface area contributed by atoms with Crippen LogP contribution in [-0.4, -0.2) is 5.97 Å². The Morgan fingerprint density at radius 2 is 1.39 bits per heavy atom. The van der Waals surface area contributed by atoms with E-state index in [1.807, 2.05) is 0 Å². The fourth-order valence-electron chi connectivity index (χ4n) is 2.48. The molecule has 0 N–H and O–H groups in total. The molecule has 0 fully saturated rings. The lowest BCUT2D eigenvalue weighted by Crippen LogP contribution is -2.24. The van der Waals surface area contributed by atoms with E-state index in [1.165, 1.54) is 12.1 Å². The SMILES string of the molecule is Cc1ccc(C(=O)Oc2ccc(C(F)(F)Oc3cc(F)c(F)c(F)c3)c(F)c2F)cc1. The molecule has 0 unspecified atom stereocenters. The van der Waals surface area contributed by atoms with Crippen LogP contribution in [0, 0.1) is 36.0 Å². The van der Waals surface area contributed by atoms with Gasteiger partial charge in [-0.2, -0.15) is 13.2 Å². The number of aryl methyl sites for hydroxylation is 1. The summed E-state index contributed by atoms with van der Waals surface area (Å²) in [6.07, 6.45) is -4.61. The summed E-state index contributed by atoms with van der Waals surface area (Å²) in [7, 11) is 0. The molecule has 0 aliphatic carbocycles. The lowest BCUT2D eigenvalue weighted by Gasteiger charge is -2.19. The minimum absolute atomic E-state index is 0.00325. The van der Waals surface area contributed by atoms with Crippen LogP contribution >= 0.6 is 0 Å². The smallest absolute Gasteiger partial charge is 0.429 e. The third-order valence-corrected chi connectivity index (χ3v) is 4.05. The predicted octanol–water partition coefficient (Wildman–Crippen LogP) is 6.04. The second kappa shape index (κ2) is 8.29. The third-order valence-electron chi connectivity index (χ3n) is 4.05. The number of hydrogen-bond donors (Lipinski definition) is 0. The van der Waals surface area contributed by atoms with Crippen molar-refractivity contribution in [2.45, 2.75) is 13.0 Å². The van der Waals surface area contributed by atoms with E-state index in [9.17, 15) is 35.5 Å². The molecule has 3 rings (SSSR count). The molecule has 0 aromatic heterocycles. The minimum atomic E-state index is -4.61. The third kappa shape index (κ3) is 4.62. The summed E-state index contributed by atoms with van der Waals surface area (Å²) >= 11 is 0. The van der Waals surface area contributed by atoms with Crippen LogP contribution in [0.5, 0.6) is 11.5 Å². The van der Waals surface area contributed by atoms with Crippen LogP contribution in [-0.2, 0) is 6.11 Å². The van der Waals surface area contributed by atoms with Crippen LogP contribution in [0.25, 0.3) is 0 Å². The number of rotatable bonds is 5. The first kappa shape index (κ1) is 22.1. The standard InChI is InChI=1S/C21H11F7O3/c1-10-2-4-11(5-3-10)20(29)30-16-7-6-13(17(24)19(16)26)21(27,28)31-12-8-14(22)18(25)15(23)9-12/h2-9H,1H3. The molecule has 0 aliphatic heterocycles. The summed E-state index contributed by atoms with van der Waals surface area (Å²) in [5.74, 6) is -12.8. The van der Waals surface area contributed by atoms with Gasteiger partial charge in [0.1, 0.15) is 11.3 Å². The maximum Gasteiger partial charge on any atom is 0.429 e. The summed E-state index contributed by atoms with van der Waals surface area (Å²) < 4.78 is 105. The van der Waals surface area contributed by atoms with Crippen LogP contribution in [0.2, 0.25) is 0 Å². The van der Waals surface area contributed by atoms with E-state index in [0.29, 0.717) is 12.1 Å². The summed E-state index contributed by atoms with van der Waals surface area (Å²) in [5, 5.41) is 0. The Labute approximate surface area is 170 Å². The molecule has 0 saturated heterocycles. The van der Waals surface area contributed by atoms with Gasteiger partial charge in [-0.1, -0.05) is 17.7 Å². The van der Waals surface area contributed by atoms with Gasteiger partial charge in [-0.25, -0.2) is 22.4 Å². The average Bonchev–Trinajstić information content (AvgIpc) is 2.69. The first-order valence-corrected chi connectivity index (χ1v) is 8.48. The van der Waals surface area contributed by atoms with Crippen molar-refractivity contribution in [2.24, 2.45) is 0 Å². The molecule has 0 spiro atoms. The van der Waals surface area contributed by atoms with E-state index in [-0.39, 0.29) is 17.7 Å². The summed E-state index contributed by atoms with van der Waals surface area (Å²) in [5.41, 5.74) is -0.824. The van der Waals surface area contributed by atoms with E-state index >= 15 is 0 Å². The van der Waals surface area contributed by atoms with Gasteiger partial charge in [-0.3, -0.25) is 0 Å². The molecule has 0 bridgehead atoms. The highest BCUT2D eigenvalue weighted by atomic mass is 19.3. The molecular formula is C21H11F7O3. The Bertz CT molecular complexity index is 1120. The highest BCUT2D eigenvalue weighted by molar-refractivity contribution is 5.91. The number of carbonyl (C=O) groups excluding carboxylic acids is 1. The fourth-order valence-corrected chi connectivity index (χ4v) is 2.48. The molecule has 0 aliphatic rings. The highest BCUT2D eigenvalue weighted by Crippen LogP contribution is 2.37. The zero-order valence-corrected chi connectivity index (χ0v) is 15.5. The van der Waals surface area contributed by atoms with Crippen molar-refractivity contribution in [3.63, 3.8) is 0 Å². The second-order valence-corrected chi connectivity index (χ2v) is 6.31. The van der Waals surface area contributed by atoms with E-state index in [2.05, 4.69) is 4.74 Å². The topological polar surface area (TPSA) is 35.5 Å². The zero-order valence-electron chi connectivity index (χ0n) is 15.5. The van der Waals surface area contributed by atoms with E-state index in [0.717, 1.165) is 5.56 Å². The first-order valence-electron chi connectivity index (χ1n) is 8.48. The lowest BCUT2D eigenvalue weighted by atomic mass is 10.1. The Hall–Kier alpha value is -3.56. The van der Waals surface area contributed by atoms with Gasteiger partial charge >= 0.3 is 12.1 Å². The van der Waals surface area contributed by atoms with Crippen molar-refractivity contribution >= 4 is 5.97 Å². The van der Waals surface area contributed by atoms with Gasteiger partial charge in [0.15, 0.2) is 29.0 Å². The van der Waals surface area contributed by atoms with Crippen molar-refractivity contribution in [3.8, 4) is 11.5 Å². The Morgan fingerprint density at radius 1 is 0.806 bits per heavy atom. The number of benzene rings is 3. The van der Waals surface area contributed by atoms with Crippen LogP contribution in [0.3, 0.4) is 0 Å². The van der Waals surface area contributed by atoms with Crippen LogP contribution in [0.15, 0.2) is 48.5 Å². The molecule has 31 heavy (non-hydrogen) atoms. The molecule has 0 radical (unpaired) electrons. The molecule has 3 aromatic carbocycles. The average molecular weight is 444 g/mol. The van der Waals surface area contributed by atoms with Gasteiger partial charge in [-0.15, -0.1) is 0 Å². The molecule has 0 atom stereocenters. The molecule has 0 heterocycles. The van der Waals surface area contributed by atoms with Crippen LogP contribution in [0.4, 0.5) is 30.7 Å². The second-order valence-electron chi connectivity index (χ2n) is 6.31. The number of carbonyl (C=O) groups is 1. The summed E-state index contributed by atoms with van der Waals surface area (Å²) in [4.78, 5) is 12.0. The first-order chi connectivity index (χ1) is 14.5. The summed E-state index contributed by atoms with van der Waals surface area (Å²) in [6, 6.07) is 7.00. The minimum Gasteiger partial charge on any atom is -0.429 e. The lowest BCUT2D eigenvalue weighted by molar-refractivity contribution is -0.188. The largest absolute Gasteiger partial charge is 0.429 e. The van der Waals surface area contributed by atoms with Crippen molar-refractivity contribution in [1.29, 1.82) is 0 Å². The summed E-state index contributed by atoms with van der Waals surface area (Å²) in [6.45, 7) is 1.75. The van der Waals surface area contributed by atoms with Crippen LogP contribution < -0.4 is 9.47 Å². The zero-order chi connectivity index (χ0) is 22.9. The van der Waals surface area contributed by atoms with Gasteiger partial charge < -0.3 is 9.47 Å². The van der Waals surface area contributed by atoms with Crippen LogP contribution in [0.1, 0.15) is 21.5 Å². The molecule has 3 nitrogen and oxygen atoms in total. The molecule has 3 aromatic rings. The Kier molecular flexibility index (Phi) is 5.92. The van der Waals surface area contributed by atoms with Crippen molar-refractivity contribution in [3.05, 3.63) is 94.3 Å². The number of halogens is 7. The van der Waals surface area contributed by atoms with Gasteiger partial charge in [0.2, 0.25) is 5.82 Å². The van der Waals surface area contributed by atoms with Gasteiger partial charge in [-0.05, 0) is 31.2 Å². The molecule has 162 valence electrons. The number of hydrogen-bond acceptors (Lipinski definition) is 3. The fraction of sp³-hybridized carbons (Fsp3) is 0.0952. The van der Waals surface area contributed by atoms with Crippen molar-refractivity contribution < 1.29 is 45.0 Å². The van der Waals surface area contributed by atoms with Gasteiger partial charge in [0, 0.05) is 12.1 Å². The van der Waals surface area contributed by atoms with E-state index in [4.69, 9.17) is 4.74 Å². The molecule has 0 amide bonds. The molecule has 10 heteroatoms. The number of alkyl halides is 2. The Morgan fingerprint density at radius 3 is 1.97 bits per heavy atom. The monoisotopic (exact) mass is 444 g/mol.